The lowest BCUT2D eigenvalue weighted by atomic mass is 10.2. The molecule has 0 saturated carbocycles. The first-order valence-corrected chi connectivity index (χ1v) is 8.70. The predicted octanol–water partition coefficient (Wildman–Crippen LogP) is 1.65. The zero-order chi connectivity index (χ0) is 22.1. The topological polar surface area (TPSA) is 160 Å². The maximum Gasteiger partial charge on any atom is 0.342 e. The van der Waals surface area contributed by atoms with E-state index in [4.69, 9.17) is 19.9 Å². The number of carbonyl (C=O) groups excluding carboxylic acids is 3. The van der Waals surface area contributed by atoms with Crippen molar-refractivity contribution in [1.82, 2.24) is 0 Å². The largest absolute Gasteiger partial charge is 0.494 e. The third-order valence-corrected chi connectivity index (χ3v) is 3.56. The Morgan fingerprint density at radius 3 is 2.50 bits per heavy atom. The highest BCUT2D eigenvalue weighted by atomic mass is 16.6. The Morgan fingerprint density at radius 2 is 1.83 bits per heavy atom. The highest BCUT2D eigenvalue weighted by Gasteiger charge is 2.19. The molecule has 2 aromatic carbocycles. The van der Waals surface area contributed by atoms with Gasteiger partial charge < -0.3 is 25.3 Å². The van der Waals surface area contributed by atoms with Gasteiger partial charge >= 0.3 is 5.97 Å². The Labute approximate surface area is 170 Å². The Bertz CT molecular complexity index is 961. The highest BCUT2D eigenvalue weighted by Crippen LogP contribution is 2.29. The molecule has 30 heavy (non-hydrogen) atoms. The lowest BCUT2D eigenvalue weighted by Crippen LogP contribution is -2.23. The first-order valence-electron chi connectivity index (χ1n) is 8.70. The smallest absolute Gasteiger partial charge is 0.342 e. The molecule has 11 nitrogen and oxygen atoms in total. The molecule has 0 spiro atoms. The van der Waals surface area contributed by atoms with E-state index >= 15 is 0 Å². The van der Waals surface area contributed by atoms with Gasteiger partial charge in [-0.05, 0) is 31.2 Å². The number of carbonyl (C=O) groups is 3. The van der Waals surface area contributed by atoms with Gasteiger partial charge in [0.05, 0.1) is 17.6 Å². The minimum atomic E-state index is -0.883. The number of nitrogens with two attached hydrogens (primary N) is 1. The summed E-state index contributed by atoms with van der Waals surface area (Å²) in [5.41, 5.74) is 4.55. The molecule has 0 aliphatic rings. The molecule has 11 heteroatoms. The van der Waals surface area contributed by atoms with Crippen LogP contribution in [-0.4, -0.2) is 42.5 Å². The van der Waals surface area contributed by atoms with Gasteiger partial charge in [0.25, 0.3) is 17.5 Å². The average molecular weight is 417 g/mol. The minimum absolute atomic E-state index is 0.0152. The van der Waals surface area contributed by atoms with Gasteiger partial charge in [0.1, 0.15) is 22.7 Å². The predicted molar refractivity (Wildman–Crippen MR) is 104 cm³/mol. The van der Waals surface area contributed by atoms with Crippen LogP contribution in [0.25, 0.3) is 0 Å². The van der Waals surface area contributed by atoms with Crippen LogP contribution in [0.3, 0.4) is 0 Å². The standard InChI is InChI=1S/C19H19N3O8/c1-2-28-12-7-8-14(15(9-12)22(26)27)21-18(24)11-30-19(25)13-5-3-4-6-16(13)29-10-17(20)23/h3-9H,2,10-11H2,1H3,(H2,20,23)(H,21,24). The summed E-state index contributed by atoms with van der Waals surface area (Å²) in [6.45, 7) is 0.913. The Balaban J connectivity index is 2.02. The number of benzene rings is 2. The van der Waals surface area contributed by atoms with Crippen LogP contribution in [-0.2, 0) is 14.3 Å². The zero-order valence-corrected chi connectivity index (χ0v) is 16.0. The molecule has 158 valence electrons. The number of amides is 2. The van der Waals surface area contributed by atoms with Gasteiger partial charge in [-0.1, -0.05) is 12.1 Å². The van der Waals surface area contributed by atoms with E-state index in [1.54, 1.807) is 13.0 Å². The van der Waals surface area contributed by atoms with Crippen LogP contribution in [0.15, 0.2) is 42.5 Å². The summed E-state index contributed by atoms with van der Waals surface area (Å²) in [5.74, 6) is -2.06. The average Bonchev–Trinajstić information content (AvgIpc) is 2.71. The summed E-state index contributed by atoms with van der Waals surface area (Å²) in [6, 6.07) is 9.89. The Morgan fingerprint density at radius 1 is 1.10 bits per heavy atom. The second kappa shape index (κ2) is 10.4. The first kappa shape index (κ1) is 22.1. The molecule has 0 bridgehead atoms. The number of para-hydroxylation sites is 1. The number of rotatable bonds is 10. The second-order valence-corrected chi connectivity index (χ2v) is 5.74. The van der Waals surface area contributed by atoms with Gasteiger partial charge in [-0.2, -0.15) is 0 Å². The number of nitro groups is 1. The van der Waals surface area contributed by atoms with Crippen molar-refractivity contribution in [3.8, 4) is 11.5 Å². The number of primary amides is 1. The summed E-state index contributed by atoms with van der Waals surface area (Å²) >= 11 is 0. The van der Waals surface area contributed by atoms with E-state index in [1.165, 1.54) is 36.4 Å². The van der Waals surface area contributed by atoms with Crippen LogP contribution in [0, 0.1) is 10.1 Å². The summed E-state index contributed by atoms with van der Waals surface area (Å²) in [6.07, 6.45) is 0. The Hall–Kier alpha value is -4.15. The second-order valence-electron chi connectivity index (χ2n) is 5.74. The van der Waals surface area contributed by atoms with Crippen molar-refractivity contribution in [1.29, 1.82) is 0 Å². The minimum Gasteiger partial charge on any atom is -0.494 e. The van der Waals surface area contributed by atoms with Crippen LogP contribution in [0.5, 0.6) is 11.5 Å². The summed E-state index contributed by atoms with van der Waals surface area (Å²) in [5, 5.41) is 13.5. The summed E-state index contributed by atoms with van der Waals surface area (Å²) < 4.78 is 15.3. The van der Waals surface area contributed by atoms with Crippen LogP contribution in [0.1, 0.15) is 17.3 Å². The molecule has 0 saturated heterocycles. The van der Waals surface area contributed by atoms with Crippen molar-refractivity contribution in [3.63, 3.8) is 0 Å². The number of hydrogen-bond donors (Lipinski definition) is 2. The molecule has 2 aromatic rings. The molecular formula is C19H19N3O8. The van der Waals surface area contributed by atoms with Crippen molar-refractivity contribution in [2.75, 3.05) is 25.1 Å². The van der Waals surface area contributed by atoms with Gasteiger partial charge in [0, 0.05) is 0 Å². The molecule has 0 heterocycles. The number of esters is 1. The summed E-state index contributed by atoms with van der Waals surface area (Å²) in [4.78, 5) is 45.7. The molecule has 0 fully saturated rings. The normalized spacial score (nSPS) is 10.0. The monoisotopic (exact) mass is 417 g/mol. The highest BCUT2D eigenvalue weighted by molar-refractivity contribution is 5.97. The van der Waals surface area contributed by atoms with E-state index in [0.29, 0.717) is 6.61 Å². The van der Waals surface area contributed by atoms with Crippen molar-refractivity contribution in [2.24, 2.45) is 5.73 Å². The maximum atomic E-state index is 12.2. The summed E-state index contributed by atoms with van der Waals surface area (Å²) in [7, 11) is 0. The first-order chi connectivity index (χ1) is 14.3. The van der Waals surface area contributed by atoms with Crippen molar-refractivity contribution < 1.29 is 33.5 Å². The fourth-order valence-corrected chi connectivity index (χ4v) is 2.33. The van der Waals surface area contributed by atoms with Crippen LogP contribution in [0.2, 0.25) is 0 Å². The number of nitrogens with zero attached hydrogens (tertiary/aromatic N) is 1. The van der Waals surface area contributed by atoms with E-state index in [-0.39, 0.29) is 28.4 Å². The fourth-order valence-electron chi connectivity index (χ4n) is 2.33. The van der Waals surface area contributed by atoms with E-state index in [0.717, 1.165) is 0 Å². The van der Waals surface area contributed by atoms with Crippen molar-refractivity contribution in [3.05, 3.63) is 58.1 Å². The molecule has 2 amide bonds. The molecule has 0 radical (unpaired) electrons. The zero-order valence-electron chi connectivity index (χ0n) is 16.0. The van der Waals surface area contributed by atoms with E-state index in [2.05, 4.69) is 5.32 Å². The number of hydrogen-bond acceptors (Lipinski definition) is 8. The van der Waals surface area contributed by atoms with E-state index < -0.39 is 35.9 Å². The third-order valence-electron chi connectivity index (χ3n) is 3.56. The third kappa shape index (κ3) is 6.19. The van der Waals surface area contributed by atoms with E-state index in [1.807, 2.05) is 0 Å². The number of nitrogens with one attached hydrogen (secondary N) is 1. The molecule has 0 unspecified atom stereocenters. The van der Waals surface area contributed by atoms with E-state index in [9.17, 15) is 24.5 Å². The quantitative estimate of drug-likeness (QED) is 0.335. The van der Waals surface area contributed by atoms with Gasteiger partial charge in [0.15, 0.2) is 13.2 Å². The fraction of sp³-hybridized carbons (Fsp3) is 0.211. The van der Waals surface area contributed by atoms with Gasteiger partial charge in [-0.25, -0.2) is 4.79 Å². The maximum absolute atomic E-state index is 12.2. The van der Waals surface area contributed by atoms with Crippen molar-refractivity contribution in [2.45, 2.75) is 6.92 Å². The Kier molecular flexibility index (Phi) is 7.68. The molecule has 2 rings (SSSR count). The van der Waals surface area contributed by atoms with Gasteiger partial charge in [-0.3, -0.25) is 19.7 Å². The molecule has 0 aliphatic carbocycles. The van der Waals surface area contributed by atoms with Crippen LogP contribution < -0.4 is 20.5 Å². The number of nitro benzene ring substituents is 1. The molecule has 0 atom stereocenters. The molecular weight excluding hydrogens is 398 g/mol. The lowest BCUT2D eigenvalue weighted by molar-refractivity contribution is -0.384. The number of ether oxygens (including phenoxy) is 3. The number of anilines is 1. The molecule has 0 aliphatic heterocycles. The molecule has 0 aromatic heterocycles. The lowest BCUT2D eigenvalue weighted by Gasteiger charge is -2.11. The van der Waals surface area contributed by atoms with Crippen molar-refractivity contribution >= 4 is 29.2 Å². The SMILES string of the molecule is CCOc1ccc(NC(=O)COC(=O)c2ccccc2OCC(N)=O)c([N+](=O)[O-])c1. The van der Waals surface area contributed by atoms with Gasteiger partial charge in [-0.15, -0.1) is 0 Å². The molecule has 3 N–H and O–H groups in total. The van der Waals surface area contributed by atoms with Crippen LogP contribution in [0.4, 0.5) is 11.4 Å². The van der Waals surface area contributed by atoms with Crippen LogP contribution >= 0.6 is 0 Å². The van der Waals surface area contributed by atoms with Gasteiger partial charge in [0.2, 0.25) is 0 Å².